The Morgan fingerprint density at radius 1 is 0.586 bits per heavy atom. The van der Waals surface area contributed by atoms with Gasteiger partial charge in [0.2, 0.25) is 6.71 Å². The van der Waals surface area contributed by atoms with E-state index in [4.69, 9.17) is 0 Å². The predicted molar refractivity (Wildman–Crippen MR) is 127 cm³/mol. The average molecular weight is 373 g/mol. The number of fused-ring (bicyclic) bond motifs is 2. The monoisotopic (exact) mass is 373 g/mol. The number of rotatable bonds is 2. The lowest BCUT2D eigenvalue weighted by molar-refractivity contribution is 1.28. The number of aryl methyl sites for hydroxylation is 2. The molecule has 4 aromatic carbocycles. The van der Waals surface area contributed by atoms with Gasteiger partial charge in [-0.1, -0.05) is 102 Å². The van der Waals surface area contributed by atoms with Crippen LogP contribution in [0.1, 0.15) is 11.1 Å². The molecule has 0 aliphatic carbocycles. The molecular weight excluding hydrogens is 349 g/mol. The number of benzene rings is 4. The van der Waals surface area contributed by atoms with Crippen molar-refractivity contribution in [3.05, 3.63) is 102 Å². The van der Waals surface area contributed by atoms with Crippen LogP contribution in [0.5, 0.6) is 0 Å². The predicted octanol–water partition coefficient (Wildman–Crippen LogP) is 5.99. The molecule has 0 fully saturated rings. The lowest BCUT2D eigenvalue weighted by Crippen LogP contribution is -2.48. The van der Waals surface area contributed by atoms with Crippen molar-refractivity contribution in [2.45, 2.75) is 20.7 Å². The summed E-state index contributed by atoms with van der Waals surface area (Å²) in [7, 11) is 0. The zero-order valence-electron chi connectivity index (χ0n) is 17.2. The van der Waals surface area contributed by atoms with E-state index in [0.717, 1.165) is 0 Å². The highest BCUT2D eigenvalue weighted by Gasteiger charge is 2.31. The van der Waals surface area contributed by atoms with Gasteiger partial charge in [0, 0.05) is 16.9 Å². The second-order valence-electron chi connectivity index (χ2n) is 8.06. The van der Waals surface area contributed by atoms with Crippen molar-refractivity contribution in [1.82, 2.24) is 0 Å². The van der Waals surface area contributed by atoms with Crippen molar-refractivity contribution in [3.8, 4) is 11.1 Å². The van der Waals surface area contributed by atoms with Crippen LogP contribution in [0.2, 0.25) is 6.82 Å². The summed E-state index contributed by atoms with van der Waals surface area (Å²) in [5.41, 5.74) is 11.7. The molecule has 0 N–H and O–H groups in total. The van der Waals surface area contributed by atoms with Gasteiger partial charge in [-0.05, 0) is 37.6 Å². The number of nitrogens with zero attached hydrogens (tertiary/aromatic N) is 1. The van der Waals surface area contributed by atoms with Crippen molar-refractivity contribution in [2.75, 3.05) is 4.90 Å². The Hall–Kier alpha value is -3.26. The minimum atomic E-state index is 0.375. The molecule has 0 saturated carbocycles. The highest BCUT2D eigenvalue weighted by atomic mass is 15.2. The standard InChI is InChI=1S/C27H24BN/c1-19-13-15-26-23(17-19)28(3)24-18-20(2)14-16-27(24)29(26)25-12-8-7-11-22(25)21-9-5-4-6-10-21/h4-18H,1-3H3. The van der Waals surface area contributed by atoms with Gasteiger partial charge in [-0.15, -0.1) is 0 Å². The largest absolute Gasteiger partial charge is 0.311 e. The fourth-order valence-corrected chi connectivity index (χ4v) is 4.54. The summed E-state index contributed by atoms with van der Waals surface area (Å²) in [4.78, 5) is 2.45. The molecule has 0 bridgehead atoms. The third kappa shape index (κ3) is 2.96. The van der Waals surface area contributed by atoms with Crippen LogP contribution in [0.15, 0.2) is 91.0 Å². The first-order valence-corrected chi connectivity index (χ1v) is 10.3. The van der Waals surface area contributed by atoms with Crippen LogP contribution in [-0.2, 0) is 0 Å². The Morgan fingerprint density at radius 2 is 1.14 bits per heavy atom. The van der Waals surface area contributed by atoms with E-state index in [0.29, 0.717) is 6.71 Å². The maximum absolute atomic E-state index is 2.45. The molecule has 0 spiro atoms. The SMILES string of the molecule is CB1c2cc(C)ccc2N(c2ccccc2-c2ccccc2)c2ccc(C)cc21. The molecule has 2 heteroatoms. The van der Waals surface area contributed by atoms with Gasteiger partial charge in [-0.25, -0.2) is 0 Å². The molecule has 0 atom stereocenters. The zero-order valence-corrected chi connectivity index (χ0v) is 17.2. The maximum atomic E-state index is 2.45. The first kappa shape index (κ1) is 17.8. The number of anilines is 3. The molecule has 4 aromatic rings. The van der Waals surface area contributed by atoms with E-state index in [2.05, 4.69) is 117 Å². The molecule has 140 valence electrons. The lowest BCUT2D eigenvalue weighted by atomic mass is 9.40. The highest BCUT2D eigenvalue weighted by molar-refractivity contribution is 6.87. The Kier molecular flexibility index (Phi) is 4.28. The van der Waals surface area contributed by atoms with Crippen molar-refractivity contribution in [1.29, 1.82) is 0 Å². The van der Waals surface area contributed by atoms with E-state index >= 15 is 0 Å². The molecule has 1 nitrogen and oxygen atoms in total. The summed E-state index contributed by atoms with van der Waals surface area (Å²) in [6.07, 6.45) is 0. The van der Waals surface area contributed by atoms with Crippen LogP contribution in [-0.4, -0.2) is 6.71 Å². The van der Waals surface area contributed by atoms with Crippen LogP contribution in [0.4, 0.5) is 17.1 Å². The van der Waals surface area contributed by atoms with E-state index in [1.165, 1.54) is 50.2 Å². The third-order valence-corrected chi connectivity index (χ3v) is 6.01. The topological polar surface area (TPSA) is 3.24 Å². The summed E-state index contributed by atoms with van der Waals surface area (Å²) in [5.74, 6) is 0. The summed E-state index contributed by atoms with van der Waals surface area (Å²) < 4.78 is 0. The van der Waals surface area contributed by atoms with Crippen molar-refractivity contribution in [2.24, 2.45) is 0 Å². The maximum Gasteiger partial charge on any atom is 0.211 e. The van der Waals surface area contributed by atoms with Crippen LogP contribution < -0.4 is 15.8 Å². The summed E-state index contributed by atoms with van der Waals surface area (Å²) in [6.45, 7) is 7.07. The van der Waals surface area contributed by atoms with Gasteiger partial charge in [0.1, 0.15) is 0 Å². The lowest BCUT2D eigenvalue weighted by Gasteiger charge is -2.37. The van der Waals surface area contributed by atoms with Crippen molar-refractivity contribution < 1.29 is 0 Å². The molecule has 0 aromatic heterocycles. The van der Waals surface area contributed by atoms with E-state index in [9.17, 15) is 0 Å². The minimum Gasteiger partial charge on any atom is -0.311 e. The van der Waals surface area contributed by atoms with E-state index in [-0.39, 0.29) is 0 Å². The molecule has 1 aliphatic heterocycles. The zero-order chi connectivity index (χ0) is 20.0. The molecular formula is C27H24BN. The summed E-state index contributed by atoms with van der Waals surface area (Å²) >= 11 is 0. The first-order valence-electron chi connectivity index (χ1n) is 10.3. The number of hydrogen-bond acceptors (Lipinski definition) is 1. The molecule has 0 saturated heterocycles. The van der Waals surface area contributed by atoms with Crippen molar-refractivity contribution in [3.63, 3.8) is 0 Å². The fourth-order valence-electron chi connectivity index (χ4n) is 4.54. The van der Waals surface area contributed by atoms with Gasteiger partial charge in [0.05, 0.1) is 5.69 Å². The summed E-state index contributed by atoms with van der Waals surface area (Å²) in [6, 6.07) is 33.1. The van der Waals surface area contributed by atoms with E-state index < -0.39 is 0 Å². The van der Waals surface area contributed by atoms with Crippen LogP contribution in [0.25, 0.3) is 11.1 Å². The minimum absolute atomic E-state index is 0.375. The third-order valence-electron chi connectivity index (χ3n) is 6.01. The van der Waals surface area contributed by atoms with Crippen LogP contribution >= 0.6 is 0 Å². The molecule has 5 rings (SSSR count). The number of hydrogen-bond donors (Lipinski definition) is 0. The van der Waals surface area contributed by atoms with Gasteiger partial charge in [0.25, 0.3) is 0 Å². The second-order valence-corrected chi connectivity index (χ2v) is 8.06. The Balaban J connectivity index is 1.81. The van der Waals surface area contributed by atoms with Gasteiger partial charge < -0.3 is 4.90 Å². The number of para-hydroxylation sites is 1. The van der Waals surface area contributed by atoms with E-state index in [1.54, 1.807) is 0 Å². The highest BCUT2D eigenvalue weighted by Crippen LogP contribution is 2.41. The molecule has 0 radical (unpaired) electrons. The molecule has 0 unspecified atom stereocenters. The van der Waals surface area contributed by atoms with Gasteiger partial charge in [-0.2, -0.15) is 0 Å². The first-order chi connectivity index (χ1) is 14.1. The quantitative estimate of drug-likeness (QED) is 0.390. The van der Waals surface area contributed by atoms with Crippen LogP contribution in [0.3, 0.4) is 0 Å². The second kappa shape index (κ2) is 6.97. The van der Waals surface area contributed by atoms with E-state index in [1.807, 2.05) is 0 Å². The van der Waals surface area contributed by atoms with Gasteiger partial charge in [-0.3, -0.25) is 0 Å². The van der Waals surface area contributed by atoms with Crippen molar-refractivity contribution >= 4 is 34.7 Å². The molecule has 1 heterocycles. The molecule has 29 heavy (non-hydrogen) atoms. The normalized spacial score (nSPS) is 12.5. The Morgan fingerprint density at radius 3 is 1.76 bits per heavy atom. The smallest absolute Gasteiger partial charge is 0.211 e. The van der Waals surface area contributed by atoms with Crippen LogP contribution in [0, 0.1) is 13.8 Å². The Bertz CT molecular complexity index is 1140. The average Bonchev–Trinajstić information content (AvgIpc) is 2.75. The summed E-state index contributed by atoms with van der Waals surface area (Å²) in [5, 5.41) is 0. The molecule has 1 aliphatic rings. The Labute approximate surface area is 173 Å². The molecule has 0 amide bonds. The fraction of sp³-hybridized carbons (Fsp3) is 0.111. The van der Waals surface area contributed by atoms with Gasteiger partial charge in [0.15, 0.2) is 0 Å². The van der Waals surface area contributed by atoms with Gasteiger partial charge >= 0.3 is 0 Å².